The molecule has 1 heterocycles. The minimum atomic E-state index is 0.806. The van der Waals surface area contributed by atoms with Crippen molar-refractivity contribution in [3.05, 3.63) is 95.3 Å². The van der Waals surface area contributed by atoms with E-state index in [1.165, 1.54) is 55.5 Å². The van der Waals surface area contributed by atoms with Crippen molar-refractivity contribution in [3.8, 4) is 6.07 Å². The summed E-state index contributed by atoms with van der Waals surface area (Å²) in [5, 5.41) is 9.55. The summed E-state index contributed by atoms with van der Waals surface area (Å²) in [6.07, 6.45) is 9.05. The molecule has 0 radical (unpaired) electrons. The fourth-order valence-electron chi connectivity index (χ4n) is 4.86. The quantitative estimate of drug-likeness (QED) is 0.592. The van der Waals surface area contributed by atoms with Crippen LogP contribution in [0.25, 0.3) is 0 Å². The maximum Gasteiger partial charge on any atom is 0.118 e. The molecule has 1 fully saturated rings. The number of hydrogen-bond donors (Lipinski definition) is 1. The average Bonchev–Trinajstić information content (AvgIpc) is 3.22. The minimum Gasteiger partial charge on any atom is -0.342 e. The van der Waals surface area contributed by atoms with Gasteiger partial charge in [0.15, 0.2) is 0 Å². The van der Waals surface area contributed by atoms with E-state index in [0.29, 0.717) is 0 Å². The first kappa shape index (κ1) is 20.4. The van der Waals surface area contributed by atoms with Crippen LogP contribution in [-0.4, -0.2) is 11.1 Å². The number of aromatic nitrogens is 1. The second-order valence-electron chi connectivity index (χ2n) is 8.69. The topological polar surface area (TPSA) is 33.2 Å². The standard InChI is InChI=1S/C27H31N3/c28-18-25-14-7-8-15-26(25)21-29(19-23-10-3-1-4-11-23)22-27-16-9-17-30(27)20-24-12-5-2-6-13-24/h2,5-9,12-17,23H,1,3-4,10-11,19-22H2/p+1. The van der Waals surface area contributed by atoms with Gasteiger partial charge in [0.25, 0.3) is 0 Å². The highest BCUT2D eigenvalue weighted by atomic mass is 15.1. The van der Waals surface area contributed by atoms with Crippen molar-refractivity contribution in [2.45, 2.75) is 51.7 Å². The van der Waals surface area contributed by atoms with Gasteiger partial charge in [0.1, 0.15) is 13.1 Å². The van der Waals surface area contributed by atoms with E-state index >= 15 is 0 Å². The summed E-state index contributed by atoms with van der Waals surface area (Å²) in [5.41, 5.74) is 4.70. The molecule has 1 aliphatic rings. The zero-order valence-electron chi connectivity index (χ0n) is 17.8. The smallest absolute Gasteiger partial charge is 0.118 e. The number of hydrogen-bond acceptors (Lipinski definition) is 1. The van der Waals surface area contributed by atoms with Crippen LogP contribution >= 0.6 is 0 Å². The van der Waals surface area contributed by atoms with E-state index in [1.807, 2.05) is 12.1 Å². The Hall–Kier alpha value is -2.83. The highest BCUT2D eigenvalue weighted by Crippen LogP contribution is 2.22. The Morgan fingerprint density at radius 3 is 2.43 bits per heavy atom. The molecule has 154 valence electrons. The van der Waals surface area contributed by atoms with E-state index in [1.54, 1.807) is 4.90 Å². The summed E-state index contributed by atoms with van der Waals surface area (Å²) in [4.78, 5) is 1.57. The molecule has 30 heavy (non-hydrogen) atoms. The van der Waals surface area contributed by atoms with Gasteiger partial charge >= 0.3 is 0 Å². The molecule has 0 saturated heterocycles. The fraction of sp³-hybridized carbons (Fsp3) is 0.370. The van der Waals surface area contributed by atoms with Crippen LogP contribution in [0.5, 0.6) is 0 Å². The molecule has 3 heteroatoms. The molecule has 1 N–H and O–H groups in total. The van der Waals surface area contributed by atoms with Gasteiger partial charge in [-0.2, -0.15) is 5.26 Å². The van der Waals surface area contributed by atoms with Crippen molar-refractivity contribution in [1.29, 1.82) is 5.26 Å². The first-order chi connectivity index (χ1) is 14.8. The van der Waals surface area contributed by atoms with Gasteiger partial charge in [-0.25, -0.2) is 0 Å². The Kier molecular flexibility index (Phi) is 7.00. The molecule has 0 spiro atoms. The molecule has 1 atom stereocenters. The van der Waals surface area contributed by atoms with Crippen molar-refractivity contribution in [1.82, 2.24) is 4.57 Å². The number of benzene rings is 2. The van der Waals surface area contributed by atoms with Crippen molar-refractivity contribution >= 4 is 0 Å². The van der Waals surface area contributed by atoms with Crippen LogP contribution in [0.1, 0.15) is 54.5 Å². The van der Waals surface area contributed by atoms with Crippen molar-refractivity contribution in [2.75, 3.05) is 6.54 Å². The molecule has 0 bridgehead atoms. The monoisotopic (exact) mass is 398 g/mol. The molecule has 0 amide bonds. The summed E-state index contributed by atoms with van der Waals surface area (Å²) >= 11 is 0. The molecule has 1 unspecified atom stereocenters. The van der Waals surface area contributed by atoms with Gasteiger partial charge in [0.05, 0.1) is 23.9 Å². The number of rotatable bonds is 8. The van der Waals surface area contributed by atoms with Crippen LogP contribution in [0.4, 0.5) is 0 Å². The van der Waals surface area contributed by atoms with Crippen molar-refractivity contribution in [2.24, 2.45) is 5.92 Å². The van der Waals surface area contributed by atoms with Gasteiger partial charge in [0, 0.05) is 24.2 Å². The SMILES string of the molecule is N#Cc1ccccc1C[NH+](Cc1cccn1Cc1ccccc1)CC1CCCCC1. The third-order valence-corrected chi connectivity index (χ3v) is 6.43. The zero-order chi connectivity index (χ0) is 20.6. The highest BCUT2D eigenvalue weighted by molar-refractivity contribution is 5.36. The Labute approximate surface area is 180 Å². The Morgan fingerprint density at radius 2 is 1.63 bits per heavy atom. The lowest BCUT2D eigenvalue weighted by Gasteiger charge is -2.28. The van der Waals surface area contributed by atoms with E-state index in [9.17, 15) is 5.26 Å². The van der Waals surface area contributed by atoms with Crippen molar-refractivity contribution in [3.63, 3.8) is 0 Å². The highest BCUT2D eigenvalue weighted by Gasteiger charge is 2.22. The van der Waals surface area contributed by atoms with Crippen LogP contribution in [0.2, 0.25) is 0 Å². The molecule has 4 rings (SSSR count). The van der Waals surface area contributed by atoms with Crippen LogP contribution in [0.3, 0.4) is 0 Å². The Morgan fingerprint density at radius 1 is 0.867 bits per heavy atom. The molecule has 2 aromatic carbocycles. The maximum absolute atomic E-state index is 9.55. The first-order valence-corrected chi connectivity index (χ1v) is 11.3. The molecule has 3 aromatic rings. The molecule has 3 nitrogen and oxygen atoms in total. The average molecular weight is 399 g/mol. The zero-order valence-corrected chi connectivity index (χ0v) is 17.8. The number of nitrogens with one attached hydrogen (secondary N) is 1. The van der Waals surface area contributed by atoms with Crippen LogP contribution < -0.4 is 4.90 Å². The van der Waals surface area contributed by atoms with Gasteiger partial charge in [-0.3, -0.25) is 0 Å². The molecular weight excluding hydrogens is 366 g/mol. The lowest BCUT2D eigenvalue weighted by atomic mass is 9.88. The molecule has 1 aromatic heterocycles. The lowest BCUT2D eigenvalue weighted by Crippen LogP contribution is -3.10. The molecule has 1 aliphatic carbocycles. The van der Waals surface area contributed by atoms with Crippen LogP contribution in [-0.2, 0) is 19.6 Å². The Bertz CT molecular complexity index is 961. The fourth-order valence-corrected chi connectivity index (χ4v) is 4.86. The van der Waals surface area contributed by atoms with Crippen LogP contribution in [0, 0.1) is 17.2 Å². The number of quaternary nitrogens is 1. The summed E-state index contributed by atoms with van der Waals surface area (Å²) < 4.78 is 2.38. The number of nitrogens with zero attached hydrogens (tertiary/aromatic N) is 2. The van der Waals surface area contributed by atoms with Gasteiger partial charge in [-0.1, -0.05) is 67.8 Å². The van der Waals surface area contributed by atoms with Crippen molar-refractivity contribution < 1.29 is 4.90 Å². The van der Waals surface area contributed by atoms with E-state index < -0.39 is 0 Å². The molecule has 0 aliphatic heterocycles. The van der Waals surface area contributed by atoms with E-state index in [4.69, 9.17) is 0 Å². The molecular formula is C27H32N3+. The Balaban J connectivity index is 1.52. The predicted molar refractivity (Wildman–Crippen MR) is 121 cm³/mol. The minimum absolute atomic E-state index is 0.806. The third kappa shape index (κ3) is 5.40. The second kappa shape index (κ2) is 10.3. The summed E-state index contributed by atoms with van der Waals surface area (Å²) in [6.45, 7) is 4.01. The number of nitriles is 1. The van der Waals surface area contributed by atoms with E-state index in [-0.39, 0.29) is 0 Å². The largest absolute Gasteiger partial charge is 0.342 e. The summed E-state index contributed by atoms with van der Waals surface area (Å²) in [5.74, 6) is 0.806. The maximum atomic E-state index is 9.55. The summed E-state index contributed by atoms with van der Waals surface area (Å²) in [6, 6.07) is 25.6. The first-order valence-electron chi connectivity index (χ1n) is 11.3. The van der Waals surface area contributed by atoms with E-state index in [0.717, 1.165) is 31.1 Å². The van der Waals surface area contributed by atoms with Crippen LogP contribution in [0.15, 0.2) is 72.9 Å². The van der Waals surface area contributed by atoms with Gasteiger partial charge in [-0.15, -0.1) is 0 Å². The normalized spacial score (nSPS) is 15.6. The van der Waals surface area contributed by atoms with Gasteiger partial charge in [-0.05, 0) is 36.6 Å². The third-order valence-electron chi connectivity index (χ3n) is 6.43. The lowest BCUT2D eigenvalue weighted by molar-refractivity contribution is -0.931. The van der Waals surface area contributed by atoms with Gasteiger partial charge in [0.2, 0.25) is 0 Å². The van der Waals surface area contributed by atoms with E-state index in [2.05, 4.69) is 71.4 Å². The molecule has 1 saturated carbocycles. The summed E-state index contributed by atoms with van der Waals surface area (Å²) in [7, 11) is 0. The van der Waals surface area contributed by atoms with Gasteiger partial charge < -0.3 is 9.47 Å². The predicted octanol–water partition coefficient (Wildman–Crippen LogP) is 4.57. The second-order valence-corrected chi connectivity index (χ2v) is 8.69.